The SMILES string of the molecule is O=C(NC1CCCC1)N1CCN([C@@H](c2ccccc2)c2ccc(Cl)cc2)CC1. The average molecular weight is 398 g/mol. The molecule has 1 N–H and O–H groups in total. The number of halogens is 1. The van der Waals surface area contributed by atoms with Gasteiger partial charge in [0.2, 0.25) is 0 Å². The van der Waals surface area contributed by atoms with E-state index in [1.807, 2.05) is 23.1 Å². The lowest BCUT2D eigenvalue weighted by molar-refractivity contribution is 0.119. The van der Waals surface area contributed by atoms with Gasteiger partial charge in [-0.25, -0.2) is 4.79 Å². The van der Waals surface area contributed by atoms with E-state index in [2.05, 4.69) is 46.6 Å². The Morgan fingerprint density at radius 2 is 1.50 bits per heavy atom. The molecule has 0 spiro atoms. The van der Waals surface area contributed by atoms with E-state index in [-0.39, 0.29) is 12.1 Å². The Morgan fingerprint density at radius 3 is 2.14 bits per heavy atom. The predicted molar refractivity (Wildman–Crippen MR) is 114 cm³/mol. The third kappa shape index (κ3) is 4.50. The fourth-order valence-electron chi connectivity index (χ4n) is 4.41. The normalized spacial score (nSPS) is 19.5. The van der Waals surface area contributed by atoms with Crippen molar-refractivity contribution in [3.8, 4) is 0 Å². The Kier molecular flexibility index (Phi) is 6.18. The van der Waals surface area contributed by atoms with Gasteiger partial charge in [-0.15, -0.1) is 0 Å². The summed E-state index contributed by atoms with van der Waals surface area (Å²) in [6.45, 7) is 3.24. The van der Waals surface area contributed by atoms with Gasteiger partial charge >= 0.3 is 6.03 Å². The third-order valence-corrected chi connectivity index (χ3v) is 6.20. The molecule has 28 heavy (non-hydrogen) atoms. The van der Waals surface area contributed by atoms with Crippen molar-refractivity contribution in [3.63, 3.8) is 0 Å². The van der Waals surface area contributed by atoms with E-state index in [1.54, 1.807) is 0 Å². The lowest BCUT2D eigenvalue weighted by atomic mass is 9.96. The summed E-state index contributed by atoms with van der Waals surface area (Å²) in [4.78, 5) is 17.0. The molecular weight excluding hydrogens is 370 g/mol. The van der Waals surface area contributed by atoms with E-state index in [4.69, 9.17) is 11.6 Å². The van der Waals surface area contributed by atoms with E-state index < -0.39 is 0 Å². The zero-order chi connectivity index (χ0) is 19.3. The van der Waals surface area contributed by atoms with Crippen molar-refractivity contribution < 1.29 is 4.79 Å². The minimum Gasteiger partial charge on any atom is -0.335 e. The van der Waals surface area contributed by atoms with E-state index in [0.717, 1.165) is 44.0 Å². The quantitative estimate of drug-likeness (QED) is 0.811. The van der Waals surface area contributed by atoms with Crippen LogP contribution in [-0.4, -0.2) is 48.1 Å². The summed E-state index contributed by atoms with van der Waals surface area (Å²) in [6.07, 6.45) is 4.72. The molecule has 4 nitrogen and oxygen atoms in total. The van der Waals surface area contributed by atoms with Gasteiger partial charge in [0.15, 0.2) is 0 Å². The van der Waals surface area contributed by atoms with Crippen molar-refractivity contribution in [3.05, 3.63) is 70.7 Å². The number of carbonyl (C=O) groups excluding carboxylic acids is 1. The lowest BCUT2D eigenvalue weighted by Crippen LogP contribution is -2.53. The molecule has 0 aromatic heterocycles. The molecule has 1 heterocycles. The Labute approximate surface area is 172 Å². The third-order valence-electron chi connectivity index (χ3n) is 5.95. The van der Waals surface area contributed by atoms with Crippen molar-refractivity contribution in [2.75, 3.05) is 26.2 Å². The molecule has 2 amide bonds. The summed E-state index contributed by atoms with van der Waals surface area (Å²) in [5.74, 6) is 0. The summed E-state index contributed by atoms with van der Waals surface area (Å²) in [5, 5.41) is 3.97. The van der Waals surface area contributed by atoms with Crippen molar-refractivity contribution in [1.29, 1.82) is 0 Å². The number of amides is 2. The maximum atomic E-state index is 12.6. The number of rotatable bonds is 4. The van der Waals surface area contributed by atoms with Crippen LogP contribution in [0.25, 0.3) is 0 Å². The van der Waals surface area contributed by atoms with Crippen LogP contribution < -0.4 is 5.32 Å². The van der Waals surface area contributed by atoms with Gasteiger partial charge in [0.25, 0.3) is 0 Å². The first kappa shape index (κ1) is 19.3. The highest BCUT2D eigenvalue weighted by molar-refractivity contribution is 6.30. The molecule has 5 heteroatoms. The minimum atomic E-state index is 0.106. The van der Waals surface area contributed by atoms with Crippen LogP contribution in [0.3, 0.4) is 0 Å². The Bertz CT molecular complexity index is 766. The summed E-state index contributed by atoms with van der Waals surface area (Å²) < 4.78 is 0. The molecule has 1 saturated heterocycles. The first-order chi connectivity index (χ1) is 13.7. The van der Waals surface area contributed by atoms with Crippen molar-refractivity contribution in [1.82, 2.24) is 15.1 Å². The monoisotopic (exact) mass is 397 g/mol. The number of nitrogens with zero attached hydrogens (tertiary/aromatic N) is 2. The van der Waals surface area contributed by atoms with Crippen LogP contribution in [-0.2, 0) is 0 Å². The summed E-state index contributed by atoms with van der Waals surface area (Å²) in [6, 6.07) is 19.4. The molecule has 2 fully saturated rings. The smallest absolute Gasteiger partial charge is 0.317 e. The van der Waals surface area contributed by atoms with Gasteiger partial charge < -0.3 is 10.2 Å². The number of carbonyl (C=O) groups is 1. The Hall–Kier alpha value is -2.04. The molecule has 4 rings (SSSR count). The molecule has 1 atom stereocenters. The van der Waals surface area contributed by atoms with Crippen LogP contribution in [0, 0.1) is 0 Å². The molecule has 0 radical (unpaired) electrons. The van der Waals surface area contributed by atoms with Crippen LogP contribution in [0.2, 0.25) is 5.02 Å². The lowest BCUT2D eigenvalue weighted by Gasteiger charge is -2.40. The fourth-order valence-corrected chi connectivity index (χ4v) is 4.54. The summed E-state index contributed by atoms with van der Waals surface area (Å²) in [5.41, 5.74) is 2.51. The predicted octanol–water partition coefficient (Wildman–Crippen LogP) is 4.70. The molecule has 148 valence electrons. The maximum Gasteiger partial charge on any atom is 0.317 e. The van der Waals surface area contributed by atoms with Crippen LogP contribution in [0.15, 0.2) is 54.6 Å². The highest BCUT2D eigenvalue weighted by Crippen LogP contribution is 2.30. The largest absolute Gasteiger partial charge is 0.335 e. The van der Waals surface area contributed by atoms with Gasteiger partial charge in [0.05, 0.1) is 6.04 Å². The minimum absolute atomic E-state index is 0.106. The van der Waals surface area contributed by atoms with Crippen molar-refractivity contribution in [2.24, 2.45) is 0 Å². The second-order valence-corrected chi connectivity index (χ2v) is 8.26. The van der Waals surface area contributed by atoms with Crippen molar-refractivity contribution >= 4 is 17.6 Å². The fraction of sp³-hybridized carbons (Fsp3) is 0.435. The van der Waals surface area contributed by atoms with E-state index in [1.165, 1.54) is 24.0 Å². The van der Waals surface area contributed by atoms with Gasteiger partial charge in [0.1, 0.15) is 0 Å². The molecule has 0 unspecified atom stereocenters. The van der Waals surface area contributed by atoms with Gasteiger partial charge in [0, 0.05) is 37.2 Å². The average Bonchev–Trinajstić information content (AvgIpc) is 3.24. The number of hydrogen-bond donors (Lipinski definition) is 1. The van der Waals surface area contributed by atoms with E-state index in [0.29, 0.717) is 6.04 Å². The Morgan fingerprint density at radius 1 is 0.893 bits per heavy atom. The summed E-state index contributed by atoms with van der Waals surface area (Å²) in [7, 11) is 0. The number of benzene rings is 2. The van der Waals surface area contributed by atoms with Gasteiger partial charge in [-0.1, -0.05) is 66.9 Å². The van der Waals surface area contributed by atoms with Gasteiger partial charge in [-0.3, -0.25) is 4.90 Å². The van der Waals surface area contributed by atoms with Crippen LogP contribution >= 0.6 is 11.6 Å². The standard InChI is InChI=1S/C23H28ClN3O/c24-20-12-10-19(11-13-20)22(18-6-2-1-3-7-18)26-14-16-27(17-15-26)23(28)25-21-8-4-5-9-21/h1-3,6-7,10-13,21-22H,4-5,8-9,14-17H2,(H,25,28)/t22-/m0/s1. The topological polar surface area (TPSA) is 35.6 Å². The summed E-state index contributed by atoms with van der Waals surface area (Å²) >= 11 is 6.11. The highest BCUT2D eigenvalue weighted by atomic mass is 35.5. The molecule has 0 bridgehead atoms. The first-order valence-electron chi connectivity index (χ1n) is 10.3. The molecule has 2 aromatic carbocycles. The molecule has 2 aliphatic rings. The van der Waals surface area contributed by atoms with Gasteiger partial charge in [-0.2, -0.15) is 0 Å². The van der Waals surface area contributed by atoms with Crippen molar-refractivity contribution in [2.45, 2.75) is 37.8 Å². The van der Waals surface area contributed by atoms with Crippen LogP contribution in [0.5, 0.6) is 0 Å². The second kappa shape index (κ2) is 8.97. The van der Waals surface area contributed by atoms with Crippen LogP contribution in [0.1, 0.15) is 42.9 Å². The number of nitrogens with one attached hydrogen (secondary N) is 1. The molecule has 1 aliphatic carbocycles. The number of piperazine rings is 1. The molecular formula is C23H28ClN3O. The Balaban J connectivity index is 1.45. The second-order valence-electron chi connectivity index (χ2n) is 7.82. The number of hydrogen-bond acceptors (Lipinski definition) is 2. The van der Waals surface area contributed by atoms with E-state index in [9.17, 15) is 4.79 Å². The zero-order valence-electron chi connectivity index (χ0n) is 16.2. The van der Waals surface area contributed by atoms with Crippen LogP contribution in [0.4, 0.5) is 4.79 Å². The molecule has 2 aromatic rings. The first-order valence-corrected chi connectivity index (χ1v) is 10.7. The maximum absolute atomic E-state index is 12.6. The van der Waals surface area contributed by atoms with E-state index >= 15 is 0 Å². The zero-order valence-corrected chi connectivity index (χ0v) is 16.9. The highest BCUT2D eigenvalue weighted by Gasteiger charge is 2.29. The molecule has 1 aliphatic heterocycles. The number of urea groups is 1. The molecule has 1 saturated carbocycles. The van der Waals surface area contributed by atoms with Gasteiger partial charge in [-0.05, 0) is 36.1 Å².